The van der Waals surface area contributed by atoms with E-state index in [1.165, 1.54) is 34.9 Å². The summed E-state index contributed by atoms with van der Waals surface area (Å²) in [5.41, 5.74) is 5.73. The van der Waals surface area contributed by atoms with Gasteiger partial charge in [0.25, 0.3) is 0 Å². The van der Waals surface area contributed by atoms with Gasteiger partial charge < -0.3 is 20.5 Å². The molecule has 0 saturated heterocycles. The molecule has 1 atom stereocenters. The summed E-state index contributed by atoms with van der Waals surface area (Å²) >= 11 is 3.85. The first-order valence-electron chi connectivity index (χ1n) is 7.13. The molecule has 2 amide bonds. The lowest BCUT2D eigenvalue weighted by Crippen LogP contribution is -2.22. The van der Waals surface area contributed by atoms with Crippen LogP contribution in [0.4, 0.5) is 5.69 Å². The van der Waals surface area contributed by atoms with E-state index < -0.39 is 5.91 Å². The second-order valence-electron chi connectivity index (χ2n) is 4.91. The fourth-order valence-corrected chi connectivity index (χ4v) is 4.76. The Morgan fingerprint density at radius 1 is 1.32 bits per heavy atom. The Kier molecular flexibility index (Phi) is 5.66. The topological polar surface area (TPSA) is 116 Å². The lowest BCUT2D eigenvalue weighted by Gasteiger charge is -2.10. The van der Waals surface area contributed by atoms with Crippen molar-refractivity contribution < 1.29 is 19.1 Å². The zero-order chi connectivity index (χ0) is 17.8. The number of aromatic nitrogens is 2. The van der Waals surface area contributed by atoms with Crippen LogP contribution in [0.15, 0.2) is 26.9 Å². The Hall–Kier alpha value is -1.98. The first-order chi connectivity index (χ1) is 12.0. The van der Waals surface area contributed by atoms with Crippen LogP contribution in [-0.2, 0) is 9.59 Å². The molecule has 0 bridgehead atoms. The summed E-state index contributed by atoms with van der Waals surface area (Å²) in [5, 5.41) is 10.4. The number of nitrogens with one attached hydrogen (secondary N) is 1. The van der Waals surface area contributed by atoms with Crippen LogP contribution in [0.1, 0.15) is 6.92 Å². The number of rotatable bonds is 7. The molecule has 0 saturated carbocycles. The summed E-state index contributed by atoms with van der Waals surface area (Å²) in [6.45, 7) is 1.97. The van der Waals surface area contributed by atoms with Gasteiger partial charge in [0, 0.05) is 11.8 Å². The van der Waals surface area contributed by atoms with Gasteiger partial charge in [-0.1, -0.05) is 34.9 Å². The van der Waals surface area contributed by atoms with Gasteiger partial charge >= 0.3 is 0 Å². The number of primary amides is 1. The Bertz CT molecular complexity index is 798. The van der Waals surface area contributed by atoms with Crippen molar-refractivity contribution in [2.45, 2.75) is 20.9 Å². The molecule has 0 aliphatic carbocycles. The van der Waals surface area contributed by atoms with Crippen LogP contribution in [-0.4, -0.2) is 39.8 Å². The highest BCUT2D eigenvalue weighted by atomic mass is 32.2. The maximum Gasteiger partial charge on any atom is 0.237 e. The monoisotopic (exact) mass is 398 g/mol. The zero-order valence-corrected chi connectivity index (χ0v) is 15.5. The standard InChI is InChI=1S/C14H14N4O4S3/c1-7(24-14-18-17-13(25-14)23-5-11(15)19)12(20)16-8-2-3-9-10(4-8)22-6-21-9/h2-4,7H,5-6H2,1H3,(H2,15,19)(H,16,20). The van der Waals surface area contributed by atoms with Gasteiger partial charge in [-0.2, -0.15) is 0 Å². The van der Waals surface area contributed by atoms with Gasteiger partial charge in [-0.3, -0.25) is 9.59 Å². The number of hydrogen-bond donors (Lipinski definition) is 2. The van der Waals surface area contributed by atoms with Gasteiger partial charge in [0.05, 0.1) is 11.0 Å². The minimum atomic E-state index is -0.411. The summed E-state index contributed by atoms with van der Waals surface area (Å²) in [7, 11) is 0. The van der Waals surface area contributed by atoms with E-state index in [2.05, 4.69) is 15.5 Å². The van der Waals surface area contributed by atoms with E-state index >= 15 is 0 Å². The molecule has 25 heavy (non-hydrogen) atoms. The normalized spacial score (nSPS) is 13.5. The molecule has 132 valence electrons. The van der Waals surface area contributed by atoms with Crippen molar-refractivity contribution in [2.24, 2.45) is 5.73 Å². The number of thioether (sulfide) groups is 2. The van der Waals surface area contributed by atoms with Gasteiger partial charge in [0.15, 0.2) is 20.2 Å². The van der Waals surface area contributed by atoms with Crippen molar-refractivity contribution in [2.75, 3.05) is 17.9 Å². The maximum absolute atomic E-state index is 12.3. The SMILES string of the molecule is CC(Sc1nnc(SCC(N)=O)s1)C(=O)Nc1ccc2c(c1)OCO2. The molecule has 0 spiro atoms. The minimum absolute atomic E-state index is 0.152. The lowest BCUT2D eigenvalue weighted by atomic mass is 10.2. The van der Waals surface area contributed by atoms with Crippen LogP contribution >= 0.6 is 34.9 Å². The molecule has 1 unspecified atom stereocenters. The van der Waals surface area contributed by atoms with E-state index in [0.717, 1.165) is 0 Å². The predicted molar refractivity (Wildman–Crippen MR) is 96.3 cm³/mol. The van der Waals surface area contributed by atoms with Crippen molar-refractivity contribution in [3.05, 3.63) is 18.2 Å². The molecule has 1 aliphatic heterocycles. The summed E-state index contributed by atoms with van der Waals surface area (Å²) in [5.74, 6) is 0.851. The predicted octanol–water partition coefficient (Wildman–Crippen LogP) is 1.96. The molecule has 3 N–H and O–H groups in total. The zero-order valence-electron chi connectivity index (χ0n) is 13.1. The second kappa shape index (κ2) is 7.93. The minimum Gasteiger partial charge on any atom is -0.454 e. The van der Waals surface area contributed by atoms with Crippen LogP contribution in [0, 0.1) is 0 Å². The largest absolute Gasteiger partial charge is 0.454 e. The van der Waals surface area contributed by atoms with E-state index in [0.29, 0.717) is 25.9 Å². The second-order valence-corrected chi connectivity index (χ2v) is 8.69. The average Bonchev–Trinajstić information content (AvgIpc) is 3.21. The fourth-order valence-electron chi connectivity index (χ4n) is 1.86. The van der Waals surface area contributed by atoms with Crippen molar-refractivity contribution in [3.63, 3.8) is 0 Å². The van der Waals surface area contributed by atoms with E-state index in [9.17, 15) is 9.59 Å². The average molecular weight is 398 g/mol. The molecule has 3 rings (SSSR count). The quantitative estimate of drug-likeness (QED) is 0.680. The van der Waals surface area contributed by atoms with Crippen LogP contribution < -0.4 is 20.5 Å². The molecular weight excluding hydrogens is 384 g/mol. The third-order valence-electron chi connectivity index (χ3n) is 3.01. The summed E-state index contributed by atoms with van der Waals surface area (Å²) in [6.07, 6.45) is 0. The van der Waals surface area contributed by atoms with E-state index in [4.69, 9.17) is 15.2 Å². The number of hydrogen-bond acceptors (Lipinski definition) is 9. The van der Waals surface area contributed by atoms with E-state index in [-0.39, 0.29) is 23.7 Å². The third kappa shape index (κ3) is 4.77. The number of carbonyl (C=O) groups excluding carboxylic acids is 2. The van der Waals surface area contributed by atoms with Gasteiger partial charge in [-0.05, 0) is 19.1 Å². The van der Waals surface area contributed by atoms with Crippen LogP contribution in [0.2, 0.25) is 0 Å². The number of anilines is 1. The fraction of sp³-hybridized carbons (Fsp3) is 0.286. The molecule has 2 aromatic rings. The Morgan fingerprint density at radius 2 is 2.08 bits per heavy atom. The van der Waals surface area contributed by atoms with Crippen LogP contribution in [0.25, 0.3) is 0 Å². The van der Waals surface area contributed by atoms with E-state index in [1.807, 2.05) is 0 Å². The number of ether oxygens (including phenoxy) is 2. The van der Waals surface area contributed by atoms with Gasteiger partial charge in [-0.25, -0.2) is 0 Å². The molecular formula is C14H14N4O4S3. The summed E-state index contributed by atoms with van der Waals surface area (Å²) < 4.78 is 11.8. The highest BCUT2D eigenvalue weighted by Gasteiger charge is 2.19. The Labute approximate surface area is 155 Å². The lowest BCUT2D eigenvalue weighted by molar-refractivity contribution is -0.116. The van der Waals surface area contributed by atoms with Gasteiger partial charge in [0.1, 0.15) is 0 Å². The number of nitrogens with two attached hydrogens (primary N) is 1. The van der Waals surface area contributed by atoms with Crippen molar-refractivity contribution in [1.29, 1.82) is 0 Å². The highest BCUT2D eigenvalue weighted by Crippen LogP contribution is 2.35. The molecule has 1 aromatic carbocycles. The smallest absolute Gasteiger partial charge is 0.237 e. The molecule has 0 radical (unpaired) electrons. The van der Waals surface area contributed by atoms with Gasteiger partial charge in [0.2, 0.25) is 18.6 Å². The molecule has 1 aromatic heterocycles. The van der Waals surface area contributed by atoms with Crippen LogP contribution in [0.5, 0.6) is 11.5 Å². The first-order valence-corrected chi connectivity index (χ1v) is 9.81. The highest BCUT2D eigenvalue weighted by molar-refractivity contribution is 8.04. The van der Waals surface area contributed by atoms with Crippen molar-refractivity contribution in [3.8, 4) is 11.5 Å². The molecule has 2 heterocycles. The molecule has 1 aliphatic rings. The number of benzene rings is 1. The van der Waals surface area contributed by atoms with Crippen LogP contribution in [0.3, 0.4) is 0 Å². The summed E-state index contributed by atoms with van der Waals surface area (Å²) in [6, 6.07) is 5.23. The first kappa shape index (κ1) is 17.8. The molecule has 0 fully saturated rings. The third-order valence-corrected chi connectivity index (χ3v) is 6.28. The molecule has 11 heteroatoms. The molecule has 8 nitrogen and oxygen atoms in total. The van der Waals surface area contributed by atoms with Crippen molar-refractivity contribution >= 4 is 52.4 Å². The number of nitrogens with zero attached hydrogens (tertiary/aromatic N) is 2. The summed E-state index contributed by atoms with van der Waals surface area (Å²) in [4.78, 5) is 23.1. The maximum atomic E-state index is 12.3. The van der Waals surface area contributed by atoms with Gasteiger partial charge in [-0.15, -0.1) is 10.2 Å². The Morgan fingerprint density at radius 3 is 2.88 bits per heavy atom. The van der Waals surface area contributed by atoms with E-state index in [1.54, 1.807) is 25.1 Å². The number of fused-ring (bicyclic) bond motifs is 1. The number of carbonyl (C=O) groups is 2. The Balaban J connectivity index is 1.55. The number of amides is 2. The van der Waals surface area contributed by atoms with Crippen molar-refractivity contribution in [1.82, 2.24) is 10.2 Å².